The number of carbonyl (C=O) groups is 2. The van der Waals surface area contributed by atoms with Crippen LogP contribution in [0.2, 0.25) is 0 Å². The van der Waals surface area contributed by atoms with Crippen LogP contribution < -0.4 is 14.8 Å². The fourth-order valence-corrected chi connectivity index (χ4v) is 4.99. The zero-order valence-corrected chi connectivity index (χ0v) is 25.6. The predicted molar refractivity (Wildman–Crippen MR) is 173 cm³/mol. The summed E-state index contributed by atoms with van der Waals surface area (Å²) in [6.07, 6.45) is 0.160. The number of nitrogens with one attached hydrogen (secondary N) is 1. The Balaban J connectivity index is 1.40. The topological polar surface area (TPSA) is 73.9 Å². The zero-order chi connectivity index (χ0) is 30.6. The first-order chi connectivity index (χ1) is 21.5. The number of ether oxygens (including phenoxy) is 3. The molecule has 0 aromatic heterocycles. The van der Waals surface area contributed by atoms with Crippen molar-refractivity contribution in [2.45, 2.75) is 32.3 Å². The molecule has 7 heteroatoms. The van der Waals surface area contributed by atoms with E-state index in [1.807, 2.05) is 109 Å². The van der Waals surface area contributed by atoms with Crippen LogP contribution in [0, 0.1) is 0 Å². The van der Waals surface area contributed by atoms with Crippen LogP contribution in [0.3, 0.4) is 0 Å². The van der Waals surface area contributed by atoms with E-state index < -0.39 is 12.0 Å². The summed E-state index contributed by atoms with van der Waals surface area (Å²) in [6, 6.07) is 40.7. The number of hydrogen-bond donors (Lipinski definition) is 1. The Morgan fingerprint density at radius 2 is 1.07 bits per heavy atom. The maximum Gasteiger partial charge on any atom is 0.329 e. The number of rotatable bonds is 13. The standard InChI is InChI=1S/C37H32BrNO5/c38-32-23-35(43-25-28-15-7-2-8-16-28)34(42-24-27-13-5-1-6-14-27)22-31(32)21-33(39-36(40)30-19-11-4-12-20-30)37(41)44-26-29-17-9-3-10-18-29/h1-20,22-23,33H,21,24-26H2,(H,39,40). The first kappa shape index (κ1) is 30.6. The van der Waals surface area contributed by atoms with Crippen LogP contribution in [0.25, 0.3) is 0 Å². The molecule has 6 nitrogen and oxygen atoms in total. The second-order valence-corrected chi connectivity index (χ2v) is 11.0. The third-order valence-corrected chi connectivity index (χ3v) is 7.60. The monoisotopic (exact) mass is 649 g/mol. The summed E-state index contributed by atoms with van der Waals surface area (Å²) < 4.78 is 18.8. The van der Waals surface area contributed by atoms with E-state index in [0.29, 0.717) is 34.7 Å². The zero-order valence-electron chi connectivity index (χ0n) is 24.0. The Hall–Kier alpha value is -4.88. The average molecular weight is 651 g/mol. The van der Waals surface area contributed by atoms with Crippen LogP contribution in [0.15, 0.2) is 138 Å². The molecule has 5 rings (SSSR count). The van der Waals surface area contributed by atoms with Gasteiger partial charge in [-0.05, 0) is 46.5 Å². The molecular formula is C37H32BrNO5. The van der Waals surface area contributed by atoms with Crippen LogP contribution in [-0.4, -0.2) is 17.9 Å². The van der Waals surface area contributed by atoms with Crippen molar-refractivity contribution in [2.24, 2.45) is 0 Å². The minimum Gasteiger partial charge on any atom is -0.485 e. The molecule has 0 aliphatic carbocycles. The molecule has 0 bridgehead atoms. The normalized spacial score (nSPS) is 11.3. The van der Waals surface area contributed by atoms with Gasteiger partial charge in [0, 0.05) is 16.5 Å². The molecule has 1 amide bonds. The van der Waals surface area contributed by atoms with E-state index in [9.17, 15) is 9.59 Å². The highest BCUT2D eigenvalue weighted by atomic mass is 79.9. The number of amides is 1. The summed E-state index contributed by atoms with van der Waals surface area (Å²) in [5.41, 5.74) is 4.07. The van der Waals surface area contributed by atoms with E-state index in [-0.39, 0.29) is 18.9 Å². The van der Waals surface area contributed by atoms with Crippen molar-refractivity contribution in [3.63, 3.8) is 0 Å². The molecule has 222 valence electrons. The fraction of sp³-hybridized carbons (Fsp3) is 0.135. The predicted octanol–water partition coefficient (Wildman–Crippen LogP) is 7.69. The van der Waals surface area contributed by atoms with Crippen LogP contribution in [-0.2, 0) is 35.8 Å². The molecule has 0 aliphatic rings. The van der Waals surface area contributed by atoms with E-state index in [0.717, 1.165) is 22.3 Å². The van der Waals surface area contributed by atoms with Gasteiger partial charge in [-0.25, -0.2) is 4.79 Å². The molecule has 0 saturated carbocycles. The van der Waals surface area contributed by atoms with E-state index in [4.69, 9.17) is 14.2 Å². The number of hydrogen-bond acceptors (Lipinski definition) is 5. The highest BCUT2D eigenvalue weighted by Crippen LogP contribution is 2.35. The molecule has 0 heterocycles. The van der Waals surface area contributed by atoms with Gasteiger partial charge in [-0.15, -0.1) is 0 Å². The third kappa shape index (κ3) is 8.82. The van der Waals surface area contributed by atoms with Gasteiger partial charge in [0.05, 0.1) is 0 Å². The van der Waals surface area contributed by atoms with Crippen molar-refractivity contribution < 1.29 is 23.8 Å². The first-order valence-corrected chi connectivity index (χ1v) is 15.1. The Labute approximate surface area is 265 Å². The van der Waals surface area contributed by atoms with Gasteiger partial charge in [0.1, 0.15) is 25.9 Å². The molecule has 5 aromatic carbocycles. The third-order valence-electron chi connectivity index (χ3n) is 6.86. The summed E-state index contributed by atoms with van der Waals surface area (Å²) >= 11 is 3.67. The lowest BCUT2D eigenvalue weighted by Crippen LogP contribution is -2.43. The lowest BCUT2D eigenvalue weighted by atomic mass is 10.0. The Morgan fingerprint density at radius 1 is 0.614 bits per heavy atom. The average Bonchev–Trinajstić information content (AvgIpc) is 3.08. The van der Waals surface area contributed by atoms with Crippen LogP contribution >= 0.6 is 15.9 Å². The van der Waals surface area contributed by atoms with E-state index >= 15 is 0 Å². The van der Waals surface area contributed by atoms with Crippen molar-refractivity contribution in [3.8, 4) is 11.5 Å². The second-order valence-electron chi connectivity index (χ2n) is 10.1. The number of carbonyl (C=O) groups excluding carboxylic acids is 2. The van der Waals surface area contributed by atoms with Crippen molar-refractivity contribution in [3.05, 3.63) is 166 Å². The maximum atomic E-state index is 13.4. The van der Waals surface area contributed by atoms with Gasteiger partial charge in [0.25, 0.3) is 5.91 Å². The summed E-state index contributed by atoms with van der Waals surface area (Å²) in [7, 11) is 0. The lowest BCUT2D eigenvalue weighted by Gasteiger charge is -2.20. The van der Waals surface area contributed by atoms with Crippen molar-refractivity contribution in [1.82, 2.24) is 5.32 Å². The molecular weight excluding hydrogens is 618 g/mol. The molecule has 0 saturated heterocycles. The van der Waals surface area contributed by atoms with Gasteiger partial charge >= 0.3 is 5.97 Å². The molecule has 1 N–H and O–H groups in total. The summed E-state index contributed by atoms with van der Waals surface area (Å²) in [6.45, 7) is 0.781. The van der Waals surface area contributed by atoms with Crippen molar-refractivity contribution in [2.75, 3.05) is 0 Å². The minimum atomic E-state index is -0.958. The molecule has 0 aliphatic heterocycles. The Morgan fingerprint density at radius 3 is 1.59 bits per heavy atom. The van der Waals surface area contributed by atoms with Gasteiger partial charge in [0.2, 0.25) is 0 Å². The van der Waals surface area contributed by atoms with Gasteiger partial charge in [0.15, 0.2) is 11.5 Å². The van der Waals surface area contributed by atoms with Crippen LogP contribution in [0.4, 0.5) is 0 Å². The molecule has 1 unspecified atom stereocenters. The Kier molecular flexibility index (Phi) is 10.8. The lowest BCUT2D eigenvalue weighted by molar-refractivity contribution is -0.147. The van der Waals surface area contributed by atoms with Crippen molar-refractivity contribution >= 4 is 27.8 Å². The largest absolute Gasteiger partial charge is 0.485 e. The molecule has 0 fully saturated rings. The quantitative estimate of drug-likeness (QED) is 0.132. The van der Waals surface area contributed by atoms with E-state index in [2.05, 4.69) is 21.2 Å². The highest BCUT2D eigenvalue weighted by molar-refractivity contribution is 9.10. The maximum absolute atomic E-state index is 13.4. The number of esters is 1. The number of halogens is 1. The Bertz CT molecular complexity index is 1650. The SMILES string of the molecule is O=C(NC(Cc1cc(OCc2ccccc2)c(OCc2ccccc2)cc1Br)C(=O)OCc1ccccc1)c1ccccc1. The van der Waals surface area contributed by atoms with Gasteiger partial charge in [-0.1, -0.05) is 125 Å². The van der Waals surface area contributed by atoms with Crippen LogP contribution in [0.5, 0.6) is 11.5 Å². The number of benzene rings is 5. The van der Waals surface area contributed by atoms with Gasteiger partial charge < -0.3 is 19.5 Å². The van der Waals surface area contributed by atoms with Crippen LogP contribution in [0.1, 0.15) is 32.6 Å². The highest BCUT2D eigenvalue weighted by Gasteiger charge is 2.26. The van der Waals surface area contributed by atoms with E-state index in [1.165, 1.54) is 0 Å². The summed E-state index contributed by atoms with van der Waals surface area (Å²) in [4.78, 5) is 26.5. The molecule has 1 atom stereocenters. The molecule has 5 aromatic rings. The van der Waals surface area contributed by atoms with Crippen molar-refractivity contribution in [1.29, 1.82) is 0 Å². The van der Waals surface area contributed by atoms with E-state index in [1.54, 1.807) is 24.3 Å². The smallest absolute Gasteiger partial charge is 0.329 e. The van der Waals surface area contributed by atoms with Gasteiger partial charge in [-0.3, -0.25) is 4.79 Å². The molecule has 0 spiro atoms. The van der Waals surface area contributed by atoms with Gasteiger partial charge in [-0.2, -0.15) is 0 Å². The first-order valence-electron chi connectivity index (χ1n) is 14.3. The molecule has 0 radical (unpaired) electrons. The summed E-state index contributed by atoms with van der Waals surface area (Å²) in [5, 5.41) is 2.88. The summed E-state index contributed by atoms with van der Waals surface area (Å²) in [5.74, 6) is 0.165. The fourth-order valence-electron chi connectivity index (χ4n) is 4.50. The second kappa shape index (κ2) is 15.5. The molecule has 44 heavy (non-hydrogen) atoms. The minimum absolute atomic E-state index is 0.0935.